The van der Waals surface area contributed by atoms with E-state index in [0.717, 1.165) is 25.9 Å². The summed E-state index contributed by atoms with van der Waals surface area (Å²) >= 11 is 12.8. The van der Waals surface area contributed by atoms with Crippen LogP contribution in [0.3, 0.4) is 0 Å². The van der Waals surface area contributed by atoms with Gasteiger partial charge in [0, 0.05) is 27.7 Å². The van der Waals surface area contributed by atoms with Gasteiger partial charge in [-0.15, -0.1) is 0 Å². The van der Waals surface area contributed by atoms with Crippen molar-refractivity contribution in [3.63, 3.8) is 0 Å². The molecule has 2 N–H and O–H groups in total. The molecule has 2 aromatic rings. The van der Waals surface area contributed by atoms with E-state index < -0.39 is 0 Å². The minimum absolute atomic E-state index is 0.210. The molecule has 0 aliphatic rings. The number of hydrogen-bond acceptors (Lipinski definition) is 3. The maximum atomic E-state index is 9.78. The zero-order valence-corrected chi connectivity index (χ0v) is 14.5. The first-order valence-corrected chi connectivity index (χ1v) is 7.72. The van der Waals surface area contributed by atoms with E-state index in [1.165, 1.54) is 0 Å². The lowest BCUT2D eigenvalue weighted by Gasteiger charge is -2.13. The van der Waals surface area contributed by atoms with Gasteiger partial charge in [0.05, 0.1) is 17.3 Å². The second-order valence-electron chi connectivity index (χ2n) is 4.09. The van der Waals surface area contributed by atoms with Crippen molar-refractivity contribution < 1.29 is 9.84 Å². The van der Waals surface area contributed by atoms with Crippen molar-refractivity contribution in [3.05, 3.63) is 49.9 Å². The van der Waals surface area contributed by atoms with Crippen LogP contribution in [0.25, 0.3) is 0 Å². The fourth-order valence-electron chi connectivity index (χ4n) is 1.71. The minimum Gasteiger partial charge on any atom is -0.508 e. The molecule has 0 saturated carbocycles. The Balaban J connectivity index is 2.20. The van der Waals surface area contributed by atoms with E-state index in [2.05, 4.69) is 37.2 Å². The monoisotopic (exact) mass is 419 g/mol. The van der Waals surface area contributed by atoms with Crippen molar-refractivity contribution >= 4 is 49.1 Å². The summed E-state index contributed by atoms with van der Waals surface area (Å²) in [5.74, 6) is 0.938. The molecule has 2 aromatic carbocycles. The molecule has 0 bridgehead atoms. The van der Waals surface area contributed by atoms with Gasteiger partial charge in [-0.25, -0.2) is 0 Å². The Labute approximate surface area is 139 Å². The second kappa shape index (κ2) is 6.70. The van der Waals surface area contributed by atoms with Crippen LogP contribution in [0.15, 0.2) is 39.3 Å². The van der Waals surface area contributed by atoms with Gasteiger partial charge in [0.1, 0.15) is 11.5 Å². The van der Waals surface area contributed by atoms with Crippen LogP contribution in [0.4, 0.5) is 5.69 Å². The van der Waals surface area contributed by atoms with Crippen LogP contribution in [-0.2, 0) is 6.54 Å². The van der Waals surface area contributed by atoms with E-state index in [-0.39, 0.29) is 5.75 Å². The van der Waals surface area contributed by atoms with Gasteiger partial charge in [-0.3, -0.25) is 0 Å². The van der Waals surface area contributed by atoms with Crippen molar-refractivity contribution in [2.45, 2.75) is 6.54 Å². The lowest BCUT2D eigenvalue weighted by atomic mass is 10.2. The van der Waals surface area contributed by atoms with Crippen LogP contribution in [0.1, 0.15) is 5.56 Å². The number of nitrogens with one attached hydrogen (secondary N) is 1. The quantitative estimate of drug-likeness (QED) is 0.714. The number of benzene rings is 2. The van der Waals surface area contributed by atoms with Gasteiger partial charge < -0.3 is 15.2 Å². The molecule has 0 fully saturated rings. The molecule has 6 heteroatoms. The van der Waals surface area contributed by atoms with Crippen molar-refractivity contribution in [3.8, 4) is 11.5 Å². The number of methoxy groups -OCH3 is 1. The molecule has 2 rings (SSSR count). The van der Waals surface area contributed by atoms with E-state index in [0.29, 0.717) is 11.6 Å². The molecule has 20 heavy (non-hydrogen) atoms. The third-order valence-corrected chi connectivity index (χ3v) is 4.26. The summed E-state index contributed by atoms with van der Waals surface area (Å²) < 4.78 is 7.02. The van der Waals surface area contributed by atoms with Crippen LogP contribution in [0.5, 0.6) is 11.5 Å². The molecule has 0 amide bonds. The van der Waals surface area contributed by atoms with Crippen LogP contribution >= 0.6 is 43.5 Å². The van der Waals surface area contributed by atoms with Crippen LogP contribution in [-0.4, -0.2) is 12.2 Å². The van der Waals surface area contributed by atoms with Crippen molar-refractivity contribution in [1.29, 1.82) is 0 Å². The lowest BCUT2D eigenvalue weighted by Crippen LogP contribution is -2.01. The number of hydrogen-bond donors (Lipinski definition) is 2. The SMILES string of the molecule is COc1cc(NCc2cc(Cl)ccc2O)c(Br)cc1Br. The van der Waals surface area contributed by atoms with Crippen LogP contribution in [0, 0.1) is 0 Å². The van der Waals surface area contributed by atoms with Crippen LogP contribution in [0.2, 0.25) is 5.02 Å². The zero-order chi connectivity index (χ0) is 14.7. The van der Waals surface area contributed by atoms with Gasteiger partial charge in [0.25, 0.3) is 0 Å². The van der Waals surface area contributed by atoms with E-state index >= 15 is 0 Å². The molecular weight excluding hydrogens is 409 g/mol. The number of rotatable bonds is 4. The molecule has 106 valence electrons. The topological polar surface area (TPSA) is 41.5 Å². The lowest BCUT2D eigenvalue weighted by molar-refractivity contribution is 0.412. The summed E-state index contributed by atoms with van der Waals surface area (Å²) in [5.41, 5.74) is 1.59. The van der Waals surface area contributed by atoms with Gasteiger partial charge in [0.2, 0.25) is 0 Å². The van der Waals surface area contributed by atoms with Crippen molar-refractivity contribution in [2.75, 3.05) is 12.4 Å². The molecule has 0 atom stereocenters. The molecule has 0 heterocycles. The average Bonchev–Trinajstić information content (AvgIpc) is 2.41. The standard InChI is InChI=1S/C14H12Br2ClNO2/c1-20-14-6-12(10(15)5-11(14)16)18-7-8-4-9(17)2-3-13(8)19/h2-6,18-19H,7H2,1H3. The maximum absolute atomic E-state index is 9.78. The molecule has 3 nitrogen and oxygen atoms in total. The number of aromatic hydroxyl groups is 1. The average molecular weight is 422 g/mol. The third kappa shape index (κ3) is 3.59. The summed E-state index contributed by atoms with van der Waals surface area (Å²) in [7, 11) is 1.61. The Kier molecular flexibility index (Phi) is 5.18. The Bertz CT molecular complexity index is 635. The normalized spacial score (nSPS) is 10.4. The summed E-state index contributed by atoms with van der Waals surface area (Å²) in [6.45, 7) is 0.454. The van der Waals surface area contributed by atoms with Gasteiger partial charge in [0.15, 0.2) is 0 Å². The van der Waals surface area contributed by atoms with E-state index in [9.17, 15) is 5.11 Å². The fourth-order valence-corrected chi connectivity index (χ4v) is 3.20. The van der Waals surface area contributed by atoms with Crippen LogP contribution < -0.4 is 10.1 Å². The van der Waals surface area contributed by atoms with Gasteiger partial charge in [-0.05, 0) is 56.1 Å². The number of anilines is 1. The number of phenolic OH excluding ortho intramolecular Hbond substituents is 1. The molecule has 0 spiro atoms. The minimum atomic E-state index is 0.210. The molecule has 0 unspecified atom stereocenters. The molecule has 0 aliphatic heterocycles. The van der Waals surface area contributed by atoms with Gasteiger partial charge in [-0.2, -0.15) is 0 Å². The molecule has 0 radical (unpaired) electrons. The molecule has 0 aromatic heterocycles. The zero-order valence-electron chi connectivity index (χ0n) is 10.6. The number of ether oxygens (including phenoxy) is 1. The highest BCUT2D eigenvalue weighted by molar-refractivity contribution is 9.11. The van der Waals surface area contributed by atoms with E-state index in [1.807, 2.05) is 12.1 Å². The number of phenols is 1. The van der Waals surface area contributed by atoms with E-state index in [1.54, 1.807) is 25.3 Å². The summed E-state index contributed by atoms with van der Waals surface area (Å²) in [6.07, 6.45) is 0. The largest absolute Gasteiger partial charge is 0.508 e. The first-order valence-electron chi connectivity index (χ1n) is 5.75. The molecule has 0 saturated heterocycles. The van der Waals surface area contributed by atoms with Crippen molar-refractivity contribution in [2.24, 2.45) is 0 Å². The Morgan fingerprint density at radius 2 is 1.95 bits per heavy atom. The molecular formula is C14H12Br2ClNO2. The second-order valence-corrected chi connectivity index (χ2v) is 6.24. The third-order valence-electron chi connectivity index (χ3n) is 2.75. The van der Waals surface area contributed by atoms with Gasteiger partial charge in [-0.1, -0.05) is 11.6 Å². The Hall–Kier alpha value is -0.910. The predicted octanol–water partition coefficient (Wildman–Crippen LogP) is 5.19. The first-order chi connectivity index (χ1) is 9.51. The highest BCUT2D eigenvalue weighted by Crippen LogP contribution is 2.35. The highest BCUT2D eigenvalue weighted by Gasteiger charge is 2.08. The highest BCUT2D eigenvalue weighted by atomic mass is 79.9. The van der Waals surface area contributed by atoms with Gasteiger partial charge >= 0.3 is 0 Å². The maximum Gasteiger partial charge on any atom is 0.135 e. The fraction of sp³-hybridized carbons (Fsp3) is 0.143. The Morgan fingerprint density at radius 1 is 1.20 bits per heavy atom. The summed E-state index contributed by atoms with van der Waals surface area (Å²) in [6, 6.07) is 8.73. The smallest absolute Gasteiger partial charge is 0.135 e. The summed E-state index contributed by atoms with van der Waals surface area (Å²) in [4.78, 5) is 0. The summed E-state index contributed by atoms with van der Waals surface area (Å²) in [5, 5.41) is 13.6. The first kappa shape index (κ1) is 15.5. The van der Waals surface area contributed by atoms with E-state index in [4.69, 9.17) is 16.3 Å². The van der Waals surface area contributed by atoms with Crippen molar-refractivity contribution in [1.82, 2.24) is 0 Å². The predicted molar refractivity (Wildman–Crippen MR) is 88.8 cm³/mol. The number of halogens is 3. The molecule has 0 aliphatic carbocycles. The Morgan fingerprint density at radius 3 is 2.65 bits per heavy atom.